The van der Waals surface area contributed by atoms with E-state index in [0.29, 0.717) is 33.0 Å². The van der Waals surface area contributed by atoms with Gasteiger partial charge in [0, 0.05) is 16.7 Å². The summed E-state index contributed by atoms with van der Waals surface area (Å²) in [5.74, 6) is -0.354. The molecule has 4 rings (SSSR count). The number of nitrogens with zero attached hydrogens (tertiary/aromatic N) is 1. The van der Waals surface area contributed by atoms with E-state index in [1.54, 1.807) is 28.8 Å². The van der Waals surface area contributed by atoms with Gasteiger partial charge in [-0.2, -0.15) is 0 Å². The molecule has 186 valence electrons. The van der Waals surface area contributed by atoms with Crippen LogP contribution < -0.4 is 4.74 Å². The molecule has 0 saturated heterocycles. The van der Waals surface area contributed by atoms with Crippen LogP contribution in [0.4, 0.5) is 0 Å². The largest absolute Gasteiger partial charge is 0.497 e. The first-order chi connectivity index (χ1) is 17.2. The Labute approximate surface area is 213 Å². The molecule has 2 aromatic heterocycles. The molecule has 0 atom stereocenters. The molecule has 0 spiro atoms. The minimum atomic E-state index is -0.650. The Kier molecular flexibility index (Phi) is 6.99. The summed E-state index contributed by atoms with van der Waals surface area (Å²) in [6, 6.07) is 16.6. The van der Waals surface area contributed by atoms with Crippen molar-refractivity contribution in [2.75, 3.05) is 14.2 Å². The summed E-state index contributed by atoms with van der Waals surface area (Å²) in [4.78, 5) is 38.0. The topological polar surface area (TPSA) is 83.8 Å². The van der Waals surface area contributed by atoms with Crippen molar-refractivity contribution in [3.63, 3.8) is 0 Å². The summed E-state index contributed by atoms with van der Waals surface area (Å²) < 4.78 is 18.5. The minimum absolute atomic E-state index is 0.107. The van der Waals surface area contributed by atoms with Crippen molar-refractivity contribution >= 4 is 39.8 Å². The van der Waals surface area contributed by atoms with Gasteiger partial charge in [0.2, 0.25) is 0 Å². The smallest absolute Gasteiger partial charge is 0.348 e. The molecule has 0 N–H and O–H groups in total. The van der Waals surface area contributed by atoms with Crippen molar-refractivity contribution in [2.45, 2.75) is 32.9 Å². The van der Waals surface area contributed by atoms with E-state index in [2.05, 4.69) is 0 Å². The SMILES string of the molecule is COC(=O)Cn1c(-c2ccc(OC)cc2C=O)c(-c2ccccc2)c2sc(C(=O)OC(C)(C)C)cc21. The lowest BCUT2D eigenvalue weighted by Gasteiger charge is -2.18. The van der Waals surface area contributed by atoms with Gasteiger partial charge in [-0.15, -0.1) is 11.3 Å². The molecule has 0 bridgehead atoms. The lowest BCUT2D eigenvalue weighted by atomic mass is 9.98. The number of hydrogen-bond acceptors (Lipinski definition) is 7. The summed E-state index contributed by atoms with van der Waals surface area (Å²) in [5, 5.41) is 0. The molecular weight excluding hydrogens is 478 g/mol. The van der Waals surface area contributed by atoms with Crippen LogP contribution in [0.25, 0.3) is 32.6 Å². The fourth-order valence-corrected chi connectivity index (χ4v) is 5.15. The van der Waals surface area contributed by atoms with Crippen LogP contribution in [0.15, 0.2) is 54.6 Å². The first-order valence-corrected chi connectivity index (χ1v) is 12.1. The van der Waals surface area contributed by atoms with Crippen LogP contribution >= 0.6 is 11.3 Å². The number of esters is 2. The fourth-order valence-electron chi connectivity index (χ4n) is 4.04. The van der Waals surface area contributed by atoms with Gasteiger partial charge in [0.15, 0.2) is 6.29 Å². The van der Waals surface area contributed by atoms with Gasteiger partial charge in [-0.05, 0) is 50.6 Å². The predicted molar refractivity (Wildman–Crippen MR) is 140 cm³/mol. The molecule has 8 heteroatoms. The first kappa shape index (κ1) is 25.2. The van der Waals surface area contributed by atoms with Gasteiger partial charge >= 0.3 is 11.9 Å². The van der Waals surface area contributed by atoms with Gasteiger partial charge in [0.1, 0.15) is 22.8 Å². The van der Waals surface area contributed by atoms with Crippen molar-refractivity contribution in [1.29, 1.82) is 0 Å². The van der Waals surface area contributed by atoms with Crippen LogP contribution in [0.1, 0.15) is 40.8 Å². The fraction of sp³-hybridized carbons (Fsp3) is 0.250. The van der Waals surface area contributed by atoms with Crippen molar-refractivity contribution in [1.82, 2.24) is 4.57 Å². The molecule has 0 amide bonds. The van der Waals surface area contributed by atoms with Crippen LogP contribution in [0.3, 0.4) is 0 Å². The van der Waals surface area contributed by atoms with Crippen molar-refractivity contribution < 1.29 is 28.6 Å². The summed E-state index contributed by atoms with van der Waals surface area (Å²) in [7, 11) is 2.86. The average molecular weight is 506 g/mol. The highest BCUT2D eigenvalue weighted by molar-refractivity contribution is 7.21. The van der Waals surface area contributed by atoms with Gasteiger partial charge in [0.05, 0.1) is 30.1 Å². The summed E-state index contributed by atoms with van der Waals surface area (Å²) in [6.07, 6.45) is 0.766. The number of carbonyl (C=O) groups is 3. The van der Waals surface area contributed by atoms with Crippen molar-refractivity contribution in [3.8, 4) is 28.1 Å². The summed E-state index contributed by atoms with van der Waals surface area (Å²) in [5.41, 5.74) is 3.43. The number of carbonyl (C=O) groups excluding carboxylic acids is 3. The third-order valence-corrected chi connectivity index (χ3v) is 6.68. The van der Waals surface area contributed by atoms with Crippen LogP contribution in [-0.4, -0.2) is 42.6 Å². The van der Waals surface area contributed by atoms with Crippen LogP contribution in [0.2, 0.25) is 0 Å². The maximum atomic E-state index is 12.9. The van der Waals surface area contributed by atoms with Gasteiger partial charge in [-0.3, -0.25) is 9.59 Å². The quantitative estimate of drug-likeness (QED) is 0.227. The molecule has 2 heterocycles. The Bertz CT molecular complexity index is 1440. The molecule has 0 radical (unpaired) electrons. The minimum Gasteiger partial charge on any atom is -0.497 e. The van der Waals surface area contributed by atoms with Gasteiger partial charge in [-0.25, -0.2) is 4.79 Å². The molecule has 0 saturated carbocycles. The Hall–Kier alpha value is -3.91. The molecule has 0 aliphatic rings. The van der Waals surface area contributed by atoms with Crippen LogP contribution in [0.5, 0.6) is 5.75 Å². The second-order valence-electron chi connectivity index (χ2n) is 9.15. The molecule has 0 fully saturated rings. The highest BCUT2D eigenvalue weighted by atomic mass is 32.1. The predicted octanol–water partition coefficient (Wildman–Crippen LogP) is 5.99. The van der Waals surface area contributed by atoms with E-state index in [4.69, 9.17) is 14.2 Å². The molecule has 2 aromatic carbocycles. The number of methoxy groups -OCH3 is 2. The molecule has 0 unspecified atom stereocenters. The van der Waals surface area contributed by atoms with Gasteiger partial charge in [-0.1, -0.05) is 30.3 Å². The van der Waals surface area contributed by atoms with E-state index in [1.165, 1.54) is 25.6 Å². The molecule has 0 aliphatic heterocycles. The van der Waals surface area contributed by atoms with Crippen LogP contribution in [0, 0.1) is 0 Å². The standard InChI is InChI=1S/C28H27NO6S/c1-28(2,3)35-27(32)22-14-21-26(36-22)24(17-9-7-6-8-10-17)25(29(21)15-23(31)34-5)20-12-11-19(33-4)13-18(20)16-30/h6-14,16H,15H2,1-5H3. The van der Waals surface area contributed by atoms with E-state index < -0.39 is 17.5 Å². The summed E-state index contributed by atoms with van der Waals surface area (Å²) in [6.45, 7) is 5.33. The zero-order chi connectivity index (χ0) is 26.0. The Balaban J connectivity index is 2.07. The summed E-state index contributed by atoms with van der Waals surface area (Å²) >= 11 is 1.29. The molecule has 4 aromatic rings. The average Bonchev–Trinajstić information content (AvgIpc) is 3.41. The molecule has 7 nitrogen and oxygen atoms in total. The number of hydrogen-bond donors (Lipinski definition) is 0. The van der Waals surface area contributed by atoms with Crippen LogP contribution in [-0.2, 0) is 20.8 Å². The number of ether oxygens (including phenoxy) is 3. The van der Waals surface area contributed by atoms with Crippen molar-refractivity contribution in [2.24, 2.45) is 0 Å². The van der Waals surface area contributed by atoms with Gasteiger partial charge in [0.25, 0.3) is 0 Å². The number of fused-ring (bicyclic) bond motifs is 1. The number of rotatable bonds is 7. The second-order valence-corrected chi connectivity index (χ2v) is 10.2. The monoisotopic (exact) mass is 505 g/mol. The highest BCUT2D eigenvalue weighted by Crippen LogP contribution is 2.46. The number of aromatic nitrogens is 1. The van der Waals surface area contributed by atoms with E-state index in [9.17, 15) is 14.4 Å². The number of benzene rings is 2. The van der Waals surface area contributed by atoms with E-state index >= 15 is 0 Å². The normalized spacial score (nSPS) is 11.4. The molecule has 0 aliphatic carbocycles. The lowest BCUT2D eigenvalue weighted by molar-refractivity contribution is -0.141. The maximum Gasteiger partial charge on any atom is 0.348 e. The molecule has 36 heavy (non-hydrogen) atoms. The lowest BCUT2D eigenvalue weighted by Crippen LogP contribution is -2.23. The Morgan fingerprint density at radius 3 is 2.36 bits per heavy atom. The first-order valence-electron chi connectivity index (χ1n) is 11.3. The molecular formula is C28H27NO6S. The Morgan fingerprint density at radius 2 is 1.75 bits per heavy atom. The van der Waals surface area contributed by atoms with E-state index in [-0.39, 0.29) is 6.54 Å². The van der Waals surface area contributed by atoms with Gasteiger partial charge < -0.3 is 18.8 Å². The highest BCUT2D eigenvalue weighted by Gasteiger charge is 2.28. The second kappa shape index (κ2) is 9.99. The van der Waals surface area contributed by atoms with Crippen molar-refractivity contribution in [3.05, 3.63) is 65.0 Å². The number of aldehydes is 1. The Morgan fingerprint density at radius 1 is 1.03 bits per heavy atom. The third kappa shape index (κ3) is 4.90. The third-order valence-electron chi connectivity index (χ3n) is 5.56. The maximum absolute atomic E-state index is 12.9. The zero-order valence-electron chi connectivity index (χ0n) is 20.8. The van der Waals surface area contributed by atoms with E-state index in [0.717, 1.165) is 22.1 Å². The number of thiophene rings is 1. The van der Waals surface area contributed by atoms with E-state index in [1.807, 2.05) is 51.1 Å². The zero-order valence-corrected chi connectivity index (χ0v) is 21.6.